The molecule has 1 unspecified atom stereocenters. The molecule has 3 rings (SSSR count). The molecule has 0 aromatic carbocycles. The van der Waals surface area contributed by atoms with Crippen molar-refractivity contribution in [2.45, 2.75) is 31.6 Å². The molecule has 0 aliphatic carbocycles. The third kappa shape index (κ3) is 3.81. The van der Waals surface area contributed by atoms with Gasteiger partial charge < -0.3 is 9.80 Å². The fraction of sp³-hybridized carbons (Fsp3) is 0.556. The van der Waals surface area contributed by atoms with Crippen molar-refractivity contribution in [3.05, 3.63) is 23.9 Å². The summed E-state index contributed by atoms with van der Waals surface area (Å²) in [5, 5.41) is 2.38. The summed E-state index contributed by atoms with van der Waals surface area (Å²) in [7, 11) is 3.59. The lowest BCUT2D eigenvalue weighted by Gasteiger charge is -2.33. The van der Waals surface area contributed by atoms with Gasteiger partial charge in [0.25, 0.3) is 0 Å². The van der Waals surface area contributed by atoms with Gasteiger partial charge in [0.2, 0.25) is 17.7 Å². The quantitative estimate of drug-likeness (QED) is 0.824. The molecule has 2 saturated heterocycles. The summed E-state index contributed by atoms with van der Waals surface area (Å²) in [6.07, 6.45) is 4.28. The molecule has 7 heteroatoms. The normalized spacial score (nSPS) is 21.8. The maximum absolute atomic E-state index is 12.0. The fourth-order valence-corrected chi connectivity index (χ4v) is 3.52. The van der Waals surface area contributed by atoms with E-state index in [4.69, 9.17) is 0 Å². The van der Waals surface area contributed by atoms with Crippen LogP contribution >= 0.6 is 0 Å². The van der Waals surface area contributed by atoms with E-state index in [9.17, 15) is 14.4 Å². The first-order chi connectivity index (χ1) is 12.0. The number of hydrogen-bond donors (Lipinski definition) is 1. The van der Waals surface area contributed by atoms with Gasteiger partial charge in [-0.3, -0.25) is 19.7 Å². The van der Waals surface area contributed by atoms with Crippen LogP contribution in [0, 0.1) is 5.92 Å². The molecule has 0 bridgehead atoms. The van der Waals surface area contributed by atoms with Crippen molar-refractivity contribution in [1.82, 2.24) is 15.2 Å². The lowest BCUT2D eigenvalue weighted by molar-refractivity contribution is -0.135. The second-order valence-corrected chi connectivity index (χ2v) is 6.95. The number of rotatable bonds is 3. The molecule has 2 aliphatic heterocycles. The fourth-order valence-electron chi connectivity index (χ4n) is 3.52. The van der Waals surface area contributed by atoms with E-state index in [2.05, 4.69) is 15.2 Å². The highest BCUT2D eigenvalue weighted by Crippen LogP contribution is 2.27. The summed E-state index contributed by atoms with van der Waals surface area (Å²) < 4.78 is 0. The molecule has 2 aliphatic rings. The average Bonchev–Trinajstić information content (AvgIpc) is 2.61. The first-order valence-electron chi connectivity index (χ1n) is 8.71. The topological polar surface area (TPSA) is 82.6 Å². The predicted octanol–water partition coefficient (Wildman–Crippen LogP) is 0.906. The number of piperidine rings is 2. The van der Waals surface area contributed by atoms with E-state index in [-0.39, 0.29) is 29.6 Å². The SMILES string of the molecule is CN(C)C(=O)C1CCN(c2ccc(C3CCC(=O)NC3=O)cn2)CC1. The second-order valence-electron chi connectivity index (χ2n) is 6.95. The minimum Gasteiger partial charge on any atom is -0.357 e. The van der Waals surface area contributed by atoms with Crippen LogP contribution in [-0.4, -0.2) is 54.8 Å². The number of hydrogen-bond acceptors (Lipinski definition) is 5. The van der Waals surface area contributed by atoms with Crippen molar-refractivity contribution < 1.29 is 14.4 Å². The van der Waals surface area contributed by atoms with Crippen molar-refractivity contribution in [3.63, 3.8) is 0 Å². The van der Waals surface area contributed by atoms with Gasteiger partial charge in [-0.2, -0.15) is 0 Å². The molecule has 7 nitrogen and oxygen atoms in total. The Labute approximate surface area is 147 Å². The highest BCUT2D eigenvalue weighted by Gasteiger charge is 2.29. The standard InChI is InChI=1S/C18H24N4O3/c1-21(2)18(25)12-7-9-22(10-8-12)15-5-3-13(11-19-15)14-4-6-16(23)20-17(14)24/h3,5,11-12,14H,4,6-10H2,1-2H3,(H,20,23,24). The molecular weight excluding hydrogens is 320 g/mol. The smallest absolute Gasteiger partial charge is 0.234 e. The second kappa shape index (κ2) is 7.21. The van der Waals surface area contributed by atoms with E-state index in [1.165, 1.54) is 0 Å². The largest absolute Gasteiger partial charge is 0.357 e. The van der Waals surface area contributed by atoms with Gasteiger partial charge in [-0.05, 0) is 30.9 Å². The van der Waals surface area contributed by atoms with E-state index >= 15 is 0 Å². The number of carbonyl (C=O) groups excluding carboxylic acids is 3. The first kappa shape index (κ1) is 17.4. The summed E-state index contributed by atoms with van der Waals surface area (Å²) in [5.41, 5.74) is 0.839. The van der Waals surface area contributed by atoms with Crippen molar-refractivity contribution in [2.24, 2.45) is 5.92 Å². The number of nitrogens with zero attached hydrogens (tertiary/aromatic N) is 3. The number of carbonyl (C=O) groups is 3. The molecule has 1 aromatic heterocycles. The number of imide groups is 1. The van der Waals surface area contributed by atoms with Crippen LogP contribution in [0.1, 0.15) is 37.2 Å². The van der Waals surface area contributed by atoms with Crippen molar-refractivity contribution in [3.8, 4) is 0 Å². The Balaban J connectivity index is 1.61. The zero-order valence-corrected chi connectivity index (χ0v) is 14.7. The van der Waals surface area contributed by atoms with Crippen LogP contribution in [0.4, 0.5) is 5.82 Å². The molecule has 0 spiro atoms. The van der Waals surface area contributed by atoms with Crippen LogP contribution in [0.2, 0.25) is 0 Å². The van der Waals surface area contributed by atoms with E-state index in [1.807, 2.05) is 12.1 Å². The van der Waals surface area contributed by atoms with Gasteiger partial charge >= 0.3 is 0 Å². The van der Waals surface area contributed by atoms with Gasteiger partial charge in [-0.1, -0.05) is 6.07 Å². The van der Waals surface area contributed by atoms with E-state index in [1.54, 1.807) is 25.2 Å². The monoisotopic (exact) mass is 344 g/mol. The Kier molecular flexibility index (Phi) is 5.01. The number of amides is 3. The molecule has 134 valence electrons. The van der Waals surface area contributed by atoms with Gasteiger partial charge in [0, 0.05) is 45.7 Å². The molecule has 3 heterocycles. The Morgan fingerprint density at radius 3 is 2.48 bits per heavy atom. The maximum Gasteiger partial charge on any atom is 0.234 e. The summed E-state index contributed by atoms with van der Waals surface area (Å²) >= 11 is 0. The first-order valence-corrected chi connectivity index (χ1v) is 8.71. The molecule has 1 N–H and O–H groups in total. The number of pyridine rings is 1. The summed E-state index contributed by atoms with van der Waals surface area (Å²) in [6, 6.07) is 3.84. The van der Waals surface area contributed by atoms with Gasteiger partial charge in [-0.25, -0.2) is 4.98 Å². The molecule has 1 atom stereocenters. The van der Waals surface area contributed by atoms with Crippen molar-refractivity contribution in [1.29, 1.82) is 0 Å². The van der Waals surface area contributed by atoms with Crippen LogP contribution in [0.3, 0.4) is 0 Å². The molecule has 2 fully saturated rings. The van der Waals surface area contributed by atoms with Gasteiger partial charge in [0.1, 0.15) is 5.82 Å². The number of nitrogens with one attached hydrogen (secondary N) is 1. The van der Waals surface area contributed by atoms with Crippen molar-refractivity contribution in [2.75, 3.05) is 32.1 Å². The predicted molar refractivity (Wildman–Crippen MR) is 93.0 cm³/mol. The van der Waals surface area contributed by atoms with Crippen molar-refractivity contribution >= 4 is 23.5 Å². The van der Waals surface area contributed by atoms with E-state index in [0.29, 0.717) is 12.8 Å². The molecule has 3 amide bonds. The third-order valence-electron chi connectivity index (χ3n) is 5.02. The molecule has 0 saturated carbocycles. The van der Waals surface area contributed by atoms with E-state index < -0.39 is 0 Å². The maximum atomic E-state index is 12.0. The van der Waals surface area contributed by atoms with Crippen LogP contribution in [0.5, 0.6) is 0 Å². The average molecular weight is 344 g/mol. The Hall–Kier alpha value is -2.44. The summed E-state index contributed by atoms with van der Waals surface area (Å²) in [6.45, 7) is 1.60. The Bertz CT molecular complexity index is 663. The van der Waals surface area contributed by atoms with Crippen LogP contribution in [0.25, 0.3) is 0 Å². The van der Waals surface area contributed by atoms with Crippen LogP contribution in [0.15, 0.2) is 18.3 Å². The number of aromatic nitrogens is 1. The zero-order valence-electron chi connectivity index (χ0n) is 14.7. The lowest BCUT2D eigenvalue weighted by atomic mass is 9.91. The molecule has 0 radical (unpaired) electrons. The minimum absolute atomic E-state index is 0.0917. The lowest BCUT2D eigenvalue weighted by Crippen LogP contribution is -2.40. The zero-order chi connectivity index (χ0) is 18.0. The van der Waals surface area contributed by atoms with Crippen LogP contribution < -0.4 is 10.2 Å². The minimum atomic E-state index is -0.303. The Morgan fingerprint density at radius 1 is 1.20 bits per heavy atom. The molecule has 25 heavy (non-hydrogen) atoms. The van der Waals surface area contributed by atoms with Gasteiger partial charge in [0.15, 0.2) is 0 Å². The highest BCUT2D eigenvalue weighted by atomic mass is 16.2. The molecule has 1 aromatic rings. The highest BCUT2D eigenvalue weighted by molar-refractivity contribution is 6.00. The van der Waals surface area contributed by atoms with Gasteiger partial charge in [-0.15, -0.1) is 0 Å². The Morgan fingerprint density at radius 2 is 1.92 bits per heavy atom. The van der Waals surface area contributed by atoms with E-state index in [0.717, 1.165) is 37.3 Å². The van der Waals surface area contributed by atoms with Crippen LogP contribution in [-0.2, 0) is 14.4 Å². The number of anilines is 1. The molecular formula is C18H24N4O3. The van der Waals surface area contributed by atoms with Gasteiger partial charge in [0.05, 0.1) is 5.92 Å². The summed E-state index contributed by atoms with van der Waals surface area (Å²) in [5.74, 6) is 0.402. The third-order valence-corrected chi connectivity index (χ3v) is 5.02. The summed E-state index contributed by atoms with van der Waals surface area (Å²) in [4.78, 5) is 43.6.